The van der Waals surface area contributed by atoms with Crippen molar-refractivity contribution in [3.8, 4) is 0 Å². The molecule has 2 atom stereocenters. The van der Waals surface area contributed by atoms with Crippen LogP contribution in [0.15, 0.2) is 22.9 Å². The summed E-state index contributed by atoms with van der Waals surface area (Å²) in [7, 11) is 0. The molecule has 0 N–H and O–H groups in total. The molecule has 18 heavy (non-hydrogen) atoms. The molecule has 0 saturated carbocycles. The summed E-state index contributed by atoms with van der Waals surface area (Å²) >= 11 is 3.87. The van der Waals surface area contributed by atoms with Crippen molar-refractivity contribution in [3.05, 3.63) is 43.8 Å². The normalized spacial score (nSPS) is 29.7. The second kappa shape index (κ2) is 3.82. The van der Waals surface area contributed by atoms with E-state index in [0.717, 1.165) is 0 Å². The Labute approximate surface area is 116 Å². The van der Waals surface area contributed by atoms with Crippen LogP contribution < -0.4 is 0 Å². The van der Waals surface area contributed by atoms with Crippen LogP contribution in [0.25, 0.3) is 11.1 Å². The Morgan fingerprint density at radius 1 is 0.833 bits per heavy atom. The van der Waals surface area contributed by atoms with E-state index in [1.807, 2.05) is 22.7 Å². The summed E-state index contributed by atoms with van der Waals surface area (Å²) < 4.78 is 0. The number of rotatable bonds is 0. The highest BCUT2D eigenvalue weighted by Crippen LogP contribution is 2.53. The van der Waals surface area contributed by atoms with Gasteiger partial charge in [-0.05, 0) is 69.8 Å². The van der Waals surface area contributed by atoms with Gasteiger partial charge in [0, 0.05) is 9.75 Å². The van der Waals surface area contributed by atoms with Crippen molar-refractivity contribution < 1.29 is 0 Å². The van der Waals surface area contributed by atoms with E-state index in [1.54, 1.807) is 32.0 Å². The molecule has 0 nitrogen and oxygen atoms in total. The summed E-state index contributed by atoms with van der Waals surface area (Å²) in [5.41, 5.74) is 6.47. The van der Waals surface area contributed by atoms with Gasteiger partial charge in [-0.2, -0.15) is 0 Å². The van der Waals surface area contributed by atoms with Crippen LogP contribution >= 0.6 is 22.7 Å². The second-order valence-corrected chi connectivity index (χ2v) is 7.41. The lowest BCUT2D eigenvalue weighted by Crippen LogP contribution is -1.84. The maximum Gasteiger partial charge on any atom is 0.0340 e. The topological polar surface area (TPSA) is 0 Å². The van der Waals surface area contributed by atoms with Crippen LogP contribution in [-0.4, -0.2) is 0 Å². The number of thiophene rings is 2. The molecule has 0 aliphatic heterocycles. The summed E-state index contributed by atoms with van der Waals surface area (Å²) in [5, 5.41) is 4.52. The van der Waals surface area contributed by atoms with Crippen LogP contribution in [0.2, 0.25) is 0 Å². The monoisotopic (exact) mass is 272 g/mol. The molecule has 2 heteroatoms. The Hall–Kier alpha value is -0.860. The van der Waals surface area contributed by atoms with Crippen molar-refractivity contribution in [2.45, 2.75) is 38.5 Å². The van der Waals surface area contributed by atoms with Crippen molar-refractivity contribution >= 4 is 33.8 Å². The van der Waals surface area contributed by atoms with Gasteiger partial charge in [0.1, 0.15) is 0 Å². The summed E-state index contributed by atoms with van der Waals surface area (Å²) in [6, 6.07) is 4.65. The molecule has 2 aliphatic carbocycles. The number of hydrogen-bond acceptors (Lipinski definition) is 2. The van der Waals surface area contributed by atoms with Crippen LogP contribution in [-0.2, 0) is 0 Å². The standard InChI is InChI=1S/C16H16S2/c1-9-7-13(15-11(9)3-5-17-15)14-8-10(2)12-4-6-18-16(12)14/h3-6,9-10H,7-8H2,1-2H3/b14-13+. The van der Waals surface area contributed by atoms with Crippen LogP contribution in [0.3, 0.4) is 0 Å². The van der Waals surface area contributed by atoms with Crippen molar-refractivity contribution in [3.63, 3.8) is 0 Å². The summed E-state index contributed by atoms with van der Waals surface area (Å²) in [4.78, 5) is 3.15. The second-order valence-electron chi connectivity index (χ2n) is 5.58. The summed E-state index contributed by atoms with van der Waals surface area (Å²) in [6.45, 7) is 4.74. The predicted octanol–water partition coefficient (Wildman–Crippen LogP) is 5.73. The fraction of sp³-hybridized carbons (Fsp3) is 0.375. The van der Waals surface area contributed by atoms with Crippen LogP contribution in [0.4, 0.5) is 0 Å². The molecule has 4 rings (SSSR count). The average Bonchev–Trinajstić information content (AvgIpc) is 3.06. The van der Waals surface area contributed by atoms with E-state index in [0.29, 0.717) is 11.8 Å². The fourth-order valence-electron chi connectivity index (χ4n) is 3.44. The van der Waals surface area contributed by atoms with E-state index in [-0.39, 0.29) is 0 Å². The lowest BCUT2D eigenvalue weighted by Gasteiger charge is -2.06. The highest BCUT2D eigenvalue weighted by atomic mass is 32.1. The van der Waals surface area contributed by atoms with Crippen molar-refractivity contribution in [2.24, 2.45) is 0 Å². The molecule has 0 amide bonds. The van der Waals surface area contributed by atoms with Gasteiger partial charge in [-0.3, -0.25) is 0 Å². The van der Waals surface area contributed by atoms with E-state index in [9.17, 15) is 0 Å². The lowest BCUT2D eigenvalue weighted by atomic mass is 10.0. The molecule has 0 bridgehead atoms. The predicted molar refractivity (Wildman–Crippen MR) is 81.5 cm³/mol. The van der Waals surface area contributed by atoms with E-state index in [2.05, 4.69) is 36.7 Å². The highest BCUT2D eigenvalue weighted by Gasteiger charge is 2.32. The van der Waals surface area contributed by atoms with Crippen LogP contribution in [0.5, 0.6) is 0 Å². The van der Waals surface area contributed by atoms with E-state index in [4.69, 9.17) is 0 Å². The molecule has 0 saturated heterocycles. The molecule has 2 aromatic heterocycles. The first-order chi connectivity index (χ1) is 8.75. The third-order valence-electron chi connectivity index (χ3n) is 4.39. The number of fused-ring (bicyclic) bond motifs is 2. The average molecular weight is 272 g/mol. The van der Waals surface area contributed by atoms with Crippen LogP contribution in [0.1, 0.15) is 59.4 Å². The molecule has 0 spiro atoms. The molecular weight excluding hydrogens is 256 g/mol. The molecule has 2 heterocycles. The van der Waals surface area contributed by atoms with Gasteiger partial charge >= 0.3 is 0 Å². The number of hydrogen-bond donors (Lipinski definition) is 0. The maximum absolute atomic E-state index is 2.37. The minimum atomic E-state index is 0.716. The quantitative estimate of drug-likeness (QED) is 0.574. The number of allylic oxidation sites excluding steroid dienone is 2. The third kappa shape index (κ3) is 1.36. The maximum atomic E-state index is 2.37. The van der Waals surface area contributed by atoms with E-state index < -0.39 is 0 Å². The molecule has 2 aromatic rings. The first-order valence-electron chi connectivity index (χ1n) is 6.63. The zero-order valence-electron chi connectivity index (χ0n) is 10.7. The molecule has 2 aliphatic rings. The van der Waals surface area contributed by atoms with Gasteiger partial charge < -0.3 is 0 Å². The first-order valence-corrected chi connectivity index (χ1v) is 8.39. The van der Waals surface area contributed by atoms with E-state index >= 15 is 0 Å². The molecule has 0 aromatic carbocycles. The van der Waals surface area contributed by atoms with Crippen molar-refractivity contribution in [1.82, 2.24) is 0 Å². The van der Waals surface area contributed by atoms with Crippen molar-refractivity contribution in [2.75, 3.05) is 0 Å². The zero-order chi connectivity index (χ0) is 12.3. The van der Waals surface area contributed by atoms with Gasteiger partial charge in [0.05, 0.1) is 0 Å². The van der Waals surface area contributed by atoms with Gasteiger partial charge in [-0.1, -0.05) is 13.8 Å². The molecule has 2 unspecified atom stereocenters. The molecule has 0 fully saturated rings. The smallest absolute Gasteiger partial charge is 0.0340 e. The van der Waals surface area contributed by atoms with Gasteiger partial charge in [0.2, 0.25) is 0 Å². The Balaban J connectivity index is 1.93. The van der Waals surface area contributed by atoms with Gasteiger partial charge in [-0.15, -0.1) is 22.7 Å². The Morgan fingerprint density at radius 3 is 1.72 bits per heavy atom. The summed E-state index contributed by atoms with van der Waals surface area (Å²) in [6.07, 6.45) is 2.50. The molecule has 0 radical (unpaired) electrons. The zero-order valence-corrected chi connectivity index (χ0v) is 12.3. The van der Waals surface area contributed by atoms with Gasteiger partial charge in [0.15, 0.2) is 0 Å². The minimum Gasteiger partial charge on any atom is -0.144 e. The van der Waals surface area contributed by atoms with Crippen molar-refractivity contribution in [1.29, 1.82) is 0 Å². The van der Waals surface area contributed by atoms with Gasteiger partial charge in [0.25, 0.3) is 0 Å². The van der Waals surface area contributed by atoms with E-state index in [1.165, 1.54) is 12.8 Å². The summed E-state index contributed by atoms with van der Waals surface area (Å²) in [5.74, 6) is 1.43. The van der Waals surface area contributed by atoms with Crippen LogP contribution in [0, 0.1) is 0 Å². The van der Waals surface area contributed by atoms with Gasteiger partial charge in [-0.25, -0.2) is 0 Å². The highest BCUT2D eigenvalue weighted by molar-refractivity contribution is 7.12. The largest absolute Gasteiger partial charge is 0.144 e. The third-order valence-corrected chi connectivity index (χ3v) is 6.37. The fourth-order valence-corrected chi connectivity index (χ4v) is 5.65. The first kappa shape index (κ1) is 11.0. The Bertz CT molecular complexity index is 585. The Kier molecular flexibility index (Phi) is 2.33. The Morgan fingerprint density at radius 2 is 1.28 bits per heavy atom. The lowest BCUT2D eigenvalue weighted by molar-refractivity contribution is 0.817. The minimum absolute atomic E-state index is 0.716. The molecular formula is C16H16S2. The SMILES string of the molecule is CC1C/C(=C2/CC(C)c3ccsc32)c2sccc21. The molecule has 92 valence electrons.